The minimum absolute atomic E-state index is 0.244. The van der Waals surface area contributed by atoms with E-state index >= 15 is 0 Å². The number of rotatable bonds is 4. The minimum Gasteiger partial charge on any atom is -0.350 e. The normalized spacial score (nSPS) is 15.8. The Balaban J connectivity index is 1.37. The lowest BCUT2D eigenvalue weighted by molar-refractivity contribution is -0.131. The van der Waals surface area contributed by atoms with Crippen molar-refractivity contribution in [2.24, 2.45) is 13.0 Å². The van der Waals surface area contributed by atoms with Crippen LogP contribution in [-0.2, 0) is 24.8 Å². The Bertz CT molecular complexity index is 857. The molecule has 130 valence electrons. The standard InChI is InChI=1S/C20H24N4O/c1-22-15-17(18-5-2-3-6-19(18)22)13-20(25)23-11-7-16(8-12-23)14-24-10-4-9-21-24/h2-6,9-10,15-16H,7-8,11-14H2,1H3. The highest BCUT2D eigenvalue weighted by Gasteiger charge is 2.24. The first-order valence-electron chi connectivity index (χ1n) is 8.99. The number of benzene rings is 1. The van der Waals surface area contributed by atoms with Crippen molar-refractivity contribution in [3.8, 4) is 0 Å². The van der Waals surface area contributed by atoms with E-state index in [-0.39, 0.29) is 5.91 Å². The minimum atomic E-state index is 0.244. The van der Waals surface area contributed by atoms with Gasteiger partial charge in [-0.25, -0.2) is 0 Å². The number of fused-ring (bicyclic) bond motifs is 1. The van der Waals surface area contributed by atoms with Gasteiger partial charge in [-0.15, -0.1) is 0 Å². The molecule has 0 saturated carbocycles. The highest BCUT2D eigenvalue weighted by Crippen LogP contribution is 2.23. The number of carbonyl (C=O) groups excluding carboxylic acids is 1. The number of amides is 1. The first-order valence-corrected chi connectivity index (χ1v) is 8.99. The first kappa shape index (κ1) is 15.9. The predicted octanol–water partition coefficient (Wildman–Crippen LogP) is 2.86. The number of hydrogen-bond acceptors (Lipinski definition) is 2. The molecule has 0 bridgehead atoms. The second-order valence-electron chi connectivity index (χ2n) is 7.01. The highest BCUT2D eigenvalue weighted by atomic mass is 16.2. The van der Waals surface area contributed by atoms with Crippen LogP contribution in [0.2, 0.25) is 0 Å². The van der Waals surface area contributed by atoms with Gasteiger partial charge in [0.1, 0.15) is 0 Å². The lowest BCUT2D eigenvalue weighted by atomic mass is 9.96. The maximum atomic E-state index is 12.7. The molecular weight excluding hydrogens is 312 g/mol. The van der Waals surface area contributed by atoms with Gasteiger partial charge in [0.2, 0.25) is 5.91 Å². The quantitative estimate of drug-likeness (QED) is 0.735. The molecule has 1 saturated heterocycles. The molecular formula is C20H24N4O. The van der Waals surface area contributed by atoms with Crippen molar-refractivity contribution in [2.45, 2.75) is 25.8 Å². The van der Waals surface area contributed by atoms with Gasteiger partial charge in [-0.1, -0.05) is 18.2 Å². The molecule has 1 fully saturated rings. The van der Waals surface area contributed by atoms with Gasteiger partial charge in [0, 0.05) is 56.2 Å². The molecule has 0 aliphatic carbocycles. The molecule has 0 spiro atoms. The molecule has 3 aromatic rings. The Morgan fingerprint density at radius 3 is 2.76 bits per heavy atom. The van der Waals surface area contributed by atoms with E-state index in [9.17, 15) is 4.79 Å². The average molecular weight is 336 g/mol. The molecule has 5 heteroatoms. The highest BCUT2D eigenvalue weighted by molar-refractivity contribution is 5.89. The Hall–Kier alpha value is -2.56. The molecule has 1 aliphatic rings. The molecule has 0 atom stereocenters. The fourth-order valence-electron chi connectivity index (χ4n) is 3.88. The van der Waals surface area contributed by atoms with Crippen LogP contribution in [0.25, 0.3) is 10.9 Å². The van der Waals surface area contributed by atoms with E-state index in [1.54, 1.807) is 0 Å². The molecule has 0 N–H and O–H groups in total. The number of aromatic nitrogens is 3. The molecule has 3 heterocycles. The Labute approximate surface area is 147 Å². The number of para-hydroxylation sites is 1. The van der Waals surface area contributed by atoms with Gasteiger partial charge in [-0.2, -0.15) is 5.10 Å². The molecule has 4 rings (SSSR count). The summed E-state index contributed by atoms with van der Waals surface area (Å²) in [6, 6.07) is 10.2. The topological polar surface area (TPSA) is 43.1 Å². The summed E-state index contributed by atoms with van der Waals surface area (Å²) in [7, 11) is 2.04. The number of hydrogen-bond donors (Lipinski definition) is 0. The summed E-state index contributed by atoms with van der Waals surface area (Å²) < 4.78 is 4.10. The van der Waals surface area contributed by atoms with Gasteiger partial charge in [0.25, 0.3) is 0 Å². The monoisotopic (exact) mass is 336 g/mol. The summed E-state index contributed by atoms with van der Waals surface area (Å²) in [5.41, 5.74) is 2.31. The van der Waals surface area contributed by atoms with Crippen LogP contribution < -0.4 is 0 Å². The van der Waals surface area contributed by atoms with Crippen molar-refractivity contribution in [3.05, 3.63) is 54.5 Å². The molecule has 1 aromatic carbocycles. The van der Waals surface area contributed by atoms with Crippen LogP contribution in [0.15, 0.2) is 48.9 Å². The van der Waals surface area contributed by atoms with Crippen molar-refractivity contribution in [1.82, 2.24) is 19.2 Å². The zero-order chi connectivity index (χ0) is 17.2. The third kappa shape index (κ3) is 3.31. The summed E-state index contributed by atoms with van der Waals surface area (Å²) in [5, 5.41) is 5.47. The molecule has 0 radical (unpaired) electrons. The third-order valence-corrected chi connectivity index (χ3v) is 5.29. The molecule has 0 unspecified atom stereocenters. The lowest BCUT2D eigenvalue weighted by Crippen LogP contribution is -2.40. The van der Waals surface area contributed by atoms with Crippen molar-refractivity contribution in [2.75, 3.05) is 13.1 Å². The van der Waals surface area contributed by atoms with E-state index in [0.717, 1.165) is 38.0 Å². The SMILES string of the molecule is Cn1cc(CC(=O)N2CCC(Cn3cccn3)CC2)c2ccccc21. The van der Waals surface area contributed by atoms with Crippen molar-refractivity contribution < 1.29 is 4.79 Å². The van der Waals surface area contributed by atoms with E-state index < -0.39 is 0 Å². The summed E-state index contributed by atoms with van der Waals surface area (Å²) in [6.07, 6.45) is 8.53. The number of carbonyl (C=O) groups is 1. The van der Waals surface area contributed by atoms with Crippen LogP contribution in [0.4, 0.5) is 0 Å². The summed E-state index contributed by atoms with van der Waals surface area (Å²) in [6.45, 7) is 2.67. The number of aryl methyl sites for hydroxylation is 1. The van der Waals surface area contributed by atoms with Gasteiger partial charge >= 0.3 is 0 Å². The van der Waals surface area contributed by atoms with Gasteiger partial charge in [0.05, 0.1) is 6.42 Å². The van der Waals surface area contributed by atoms with E-state index in [2.05, 4.69) is 28.0 Å². The van der Waals surface area contributed by atoms with Crippen molar-refractivity contribution in [1.29, 1.82) is 0 Å². The smallest absolute Gasteiger partial charge is 0.227 e. The van der Waals surface area contributed by atoms with Crippen molar-refractivity contribution >= 4 is 16.8 Å². The largest absolute Gasteiger partial charge is 0.350 e. The van der Waals surface area contributed by atoms with Crippen LogP contribution >= 0.6 is 0 Å². The maximum absolute atomic E-state index is 12.7. The summed E-state index contributed by atoms with van der Waals surface area (Å²) in [4.78, 5) is 14.8. The lowest BCUT2D eigenvalue weighted by Gasteiger charge is -2.32. The van der Waals surface area contributed by atoms with E-state index in [1.807, 2.05) is 47.2 Å². The molecule has 5 nitrogen and oxygen atoms in total. The maximum Gasteiger partial charge on any atom is 0.227 e. The van der Waals surface area contributed by atoms with Crippen LogP contribution in [-0.4, -0.2) is 38.2 Å². The summed E-state index contributed by atoms with van der Waals surface area (Å²) >= 11 is 0. The fraction of sp³-hybridized carbons (Fsp3) is 0.400. The Kier molecular flexibility index (Phi) is 4.30. The average Bonchev–Trinajstić information content (AvgIpc) is 3.25. The van der Waals surface area contributed by atoms with Crippen LogP contribution in [0, 0.1) is 5.92 Å². The molecule has 25 heavy (non-hydrogen) atoms. The van der Waals surface area contributed by atoms with Crippen LogP contribution in [0.3, 0.4) is 0 Å². The first-order chi connectivity index (χ1) is 12.2. The number of nitrogens with zero attached hydrogens (tertiary/aromatic N) is 4. The molecule has 2 aromatic heterocycles. The van der Waals surface area contributed by atoms with Gasteiger partial charge in [-0.05, 0) is 36.5 Å². The number of piperidine rings is 1. The van der Waals surface area contributed by atoms with Crippen LogP contribution in [0.1, 0.15) is 18.4 Å². The third-order valence-electron chi connectivity index (χ3n) is 5.29. The van der Waals surface area contributed by atoms with E-state index in [1.165, 1.54) is 10.9 Å². The predicted molar refractivity (Wildman–Crippen MR) is 98.2 cm³/mol. The second-order valence-corrected chi connectivity index (χ2v) is 7.01. The molecule has 1 aliphatic heterocycles. The van der Waals surface area contributed by atoms with Gasteiger partial charge < -0.3 is 9.47 Å². The Morgan fingerprint density at radius 1 is 1.20 bits per heavy atom. The second kappa shape index (κ2) is 6.75. The van der Waals surface area contributed by atoms with Gasteiger partial charge in [-0.3, -0.25) is 9.48 Å². The number of likely N-dealkylation sites (tertiary alicyclic amines) is 1. The molecule has 1 amide bonds. The van der Waals surface area contributed by atoms with Crippen LogP contribution in [0.5, 0.6) is 0 Å². The van der Waals surface area contributed by atoms with Gasteiger partial charge in [0.15, 0.2) is 0 Å². The summed E-state index contributed by atoms with van der Waals surface area (Å²) in [5.74, 6) is 0.857. The van der Waals surface area contributed by atoms with Crippen molar-refractivity contribution in [3.63, 3.8) is 0 Å². The van der Waals surface area contributed by atoms with E-state index in [0.29, 0.717) is 12.3 Å². The zero-order valence-electron chi connectivity index (χ0n) is 14.6. The fourth-order valence-corrected chi connectivity index (χ4v) is 3.88. The Morgan fingerprint density at radius 2 is 2.00 bits per heavy atom. The van der Waals surface area contributed by atoms with E-state index in [4.69, 9.17) is 0 Å². The zero-order valence-corrected chi connectivity index (χ0v) is 14.6.